The molecule has 5 heterocycles. The molecule has 0 spiro atoms. The number of morpholine rings is 1. The van der Waals surface area contributed by atoms with E-state index in [1.165, 1.54) is 4.90 Å². The van der Waals surface area contributed by atoms with Gasteiger partial charge in [0.05, 0.1) is 43.7 Å². The molecule has 10 nitrogen and oxygen atoms in total. The van der Waals surface area contributed by atoms with Crippen LogP contribution in [-0.2, 0) is 22.5 Å². The first-order valence-electron chi connectivity index (χ1n) is 12.2. The number of methoxy groups -OCH3 is 1. The van der Waals surface area contributed by atoms with Gasteiger partial charge < -0.3 is 20.2 Å². The van der Waals surface area contributed by atoms with E-state index >= 15 is 0 Å². The summed E-state index contributed by atoms with van der Waals surface area (Å²) in [4.78, 5) is 33.9. The molecule has 3 N–H and O–H groups in total. The molecular formula is C26H30ClN7O3. The summed E-state index contributed by atoms with van der Waals surface area (Å²) in [5.74, 6) is 0.860. The number of aromatic nitrogens is 4. The number of halogens is 1. The number of carbonyl (C=O) groups excluding carboxylic acids is 1. The summed E-state index contributed by atoms with van der Waals surface area (Å²) in [6.45, 7) is 8.45. The third-order valence-corrected chi connectivity index (χ3v) is 7.08. The number of anilines is 2. The van der Waals surface area contributed by atoms with Crippen molar-refractivity contribution in [2.75, 3.05) is 50.6 Å². The number of hydrogen-bond donors (Lipinski definition) is 2. The number of rotatable bonds is 7. The molecule has 1 fully saturated rings. The van der Waals surface area contributed by atoms with Crippen LogP contribution in [0, 0.1) is 13.8 Å². The molecule has 3 aromatic rings. The molecule has 1 saturated heterocycles. The Balaban J connectivity index is 1.44. The van der Waals surface area contributed by atoms with Crippen LogP contribution in [0.2, 0.25) is 5.15 Å². The number of nitrogens with one attached hydrogen (secondary N) is 1. The molecule has 1 amide bonds. The summed E-state index contributed by atoms with van der Waals surface area (Å²) in [7, 11) is 1.62. The Morgan fingerprint density at radius 3 is 2.81 bits per heavy atom. The van der Waals surface area contributed by atoms with Gasteiger partial charge in [0.2, 0.25) is 5.95 Å². The van der Waals surface area contributed by atoms with Crippen molar-refractivity contribution in [1.29, 1.82) is 0 Å². The summed E-state index contributed by atoms with van der Waals surface area (Å²) in [5.41, 5.74) is 11.2. The highest BCUT2D eigenvalue weighted by atomic mass is 35.5. The molecule has 37 heavy (non-hydrogen) atoms. The number of aromatic amines is 1. The monoisotopic (exact) mass is 523 g/mol. The Labute approximate surface area is 220 Å². The van der Waals surface area contributed by atoms with Gasteiger partial charge in [-0.1, -0.05) is 11.6 Å². The average molecular weight is 524 g/mol. The van der Waals surface area contributed by atoms with Crippen molar-refractivity contribution in [3.8, 4) is 5.75 Å². The van der Waals surface area contributed by atoms with Crippen LogP contribution in [0.1, 0.15) is 33.6 Å². The van der Waals surface area contributed by atoms with Gasteiger partial charge in [0.15, 0.2) is 5.82 Å². The van der Waals surface area contributed by atoms with Crippen LogP contribution in [0.4, 0.5) is 11.8 Å². The molecule has 0 bridgehead atoms. The first-order valence-corrected chi connectivity index (χ1v) is 12.6. The largest absolute Gasteiger partial charge is 0.496 e. The van der Waals surface area contributed by atoms with Crippen molar-refractivity contribution < 1.29 is 14.3 Å². The Kier molecular flexibility index (Phi) is 7.14. The van der Waals surface area contributed by atoms with Crippen molar-refractivity contribution in [3.05, 3.63) is 57.3 Å². The Morgan fingerprint density at radius 1 is 1.27 bits per heavy atom. The van der Waals surface area contributed by atoms with Crippen LogP contribution in [0.25, 0.3) is 11.6 Å². The average Bonchev–Trinajstić information content (AvgIpc) is 3.43. The predicted molar refractivity (Wildman–Crippen MR) is 143 cm³/mol. The normalized spacial score (nSPS) is 17.0. The molecule has 2 aliphatic heterocycles. The highest BCUT2D eigenvalue weighted by molar-refractivity contribution is 6.41. The number of hydrogen-bond acceptors (Lipinski definition) is 8. The maximum atomic E-state index is 13.7. The topological polar surface area (TPSA) is 122 Å². The number of pyridine rings is 1. The van der Waals surface area contributed by atoms with E-state index < -0.39 is 0 Å². The lowest BCUT2D eigenvalue weighted by Crippen LogP contribution is -2.37. The zero-order chi connectivity index (χ0) is 26.1. The van der Waals surface area contributed by atoms with E-state index in [4.69, 9.17) is 26.8 Å². The first kappa shape index (κ1) is 25.2. The van der Waals surface area contributed by atoms with E-state index in [0.29, 0.717) is 22.6 Å². The summed E-state index contributed by atoms with van der Waals surface area (Å²) in [6, 6.07) is 2.05. The lowest BCUT2D eigenvalue weighted by atomic mass is 10.1. The van der Waals surface area contributed by atoms with Crippen LogP contribution in [0.3, 0.4) is 0 Å². The van der Waals surface area contributed by atoms with Gasteiger partial charge >= 0.3 is 0 Å². The van der Waals surface area contributed by atoms with Gasteiger partial charge in [0.25, 0.3) is 5.91 Å². The van der Waals surface area contributed by atoms with E-state index in [-0.39, 0.29) is 23.6 Å². The number of ether oxygens (including phenoxy) is 2. The standard InChI is InChI=1S/C26H30ClN7O3/c1-15-12-30-20(16(2)22(15)36-3)14-34-24-21(23(27)31-26(28)32-24)19(25(34)35)11-18-10-17(13-29-18)4-5-33-6-8-37-9-7-33/h10-13,29H,4-9,14H2,1-3H3,(H2,28,31,32)/b19-11-. The number of carbonyl (C=O) groups is 1. The number of H-pyrrole nitrogens is 1. The fraction of sp³-hybridized carbons (Fsp3) is 0.385. The second kappa shape index (κ2) is 10.5. The molecule has 0 saturated carbocycles. The number of nitrogens with two attached hydrogens (primary N) is 1. The van der Waals surface area contributed by atoms with Crippen LogP contribution < -0.4 is 15.4 Å². The smallest absolute Gasteiger partial charge is 0.260 e. The minimum absolute atomic E-state index is 0.000703. The molecule has 11 heteroatoms. The van der Waals surface area contributed by atoms with E-state index in [1.807, 2.05) is 26.1 Å². The number of nitrogens with zero attached hydrogens (tertiary/aromatic N) is 5. The van der Waals surface area contributed by atoms with Crippen LogP contribution in [0.5, 0.6) is 5.75 Å². The SMILES string of the molecule is COc1c(C)cnc(CN2C(=O)/C(=C\c3cc(CCN4CCOCC4)c[nH]3)c3c(Cl)nc(N)nc32)c1C. The molecule has 194 valence electrons. The lowest BCUT2D eigenvalue weighted by molar-refractivity contribution is -0.113. The highest BCUT2D eigenvalue weighted by Crippen LogP contribution is 2.41. The number of nitrogen functional groups attached to an aromatic ring is 1. The van der Waals surface area contributed by atoms with Gasteiger partial charge in [-0.2, -0.15) is 4.98 Å². The van der Waals surface area contributed by atoms with Crippen LogP contribution in [-0.4, -0.2) is 70.7 Å². The molecule has 0 aromatic carbocycles. The van der Waals surface area contributed by atoms with Crippen LogP contribution >= 0.6 is 11.6 Å². The second-order valence-corrected chi connectivity index (χ2v) is 9.59. The van der Waals surface area contributed by atoms with Crippen LogP contribution in [0.15, 0.2) is 18.5 Å². The molecular weight excluding hydrogens is 494 g/mol. The Morgan fingerprint density at radius 2 is 2.05 bits per heavy atom. The third kappa shape index (κ3) is 5.04. The van der Waals surface area contributed by atoms with Crippen molar-refractivity contribution >= 4 is 40.9 Å². The van der Waals surface area contributed by atoms with E-state index in [2.05, 4.69) is 24.8 Å². The molecule has 0 unspecified atom stereocenters. The van der Waals surface area contributed by atoms with E-state index in [0.717, 1.165) is 67.4 Å². The second-order valence-electron chi connectivity index (χ2n) is 9.23. The lowest BCUT2D eigenvalue weighted by Gasteiger charge is -2.26. The third-order valence-electron chi connectivity index (χ3n) is 6.81. The van der Waals surface area contributed by atoms with Gasteiger partial charge in [-0.15, -0.1) is 0 Å². The maximum Gasteiger partial charge on any atom is 0.260 e. The summed E-state index contributed by atoms with van der Waals surface area (Å²) in [6.07, 6.45) is 6.40. The summed E-state index contributed by atoms with van der Waals surface area (Å²) >= 11 is 6.50. The predicted octanol–water partition coefficient (Wildman–Crippen LogP) is 3.02. The minimum Gasteiger partial charge on any atom is -0.496 e. The van der Waals surface area contributed by atoms with Crippen molar-refractivity contribution in [2.45, 2.75) is 26.8 Å². The zero-order valence-electron chi connectivity index (χ0n) is 21.2. The Hall–Kier alpha value is -3.47. The molecule has 5 rings (SSSR count). The van der Waals surface area contributed by atoms with Crippen molar-refractivity contribution in [3.63, 3.8) is 0 Å². The van der Waals surface area contributed by atoms with E-state index in [1.54, 1.807) is 19.4 Å². The van der Waals surface area contributed by atoms with Gasteiger partial charge in [-0.3, -0.25) is 19.6 Å². The van der Waals surface area contributed by atoms with Gasteiger partial charge in [0, 0.05) is 48.8 Å². The number of amides is 1. The van der Waals surface area contributed by atoms with Gasteiger partial charge in [0.1, 0.15) is 10.9 Å². The first-order chi connectivity index (χ1) is 17.9. The summed E-state index contributed by atoms with van der Waals surface area (Å²) < 4.78 is 11.0. The summed E-state index contributed by atoms with van der Waals surface area (Å²) in [5, 5.41) is 0.134. The van der Waals surface area contributed by atoms with Crippen molar-refractivity contribution in [2.24, 2.45) is 0 Å². The fourth-order valence-corrected chi connectivity index (χ4v) is 5.10. The molecule has 2 aliphatic rings. The highest BCUT2D eigenvalue weighted by Gasteiger charge is 2.37. The number of fused-ring (bicyclic) bond motifs is 1. The van der Waals surface area contributed by atoms with E-state index in [9.17, 15) is 4.79 Å². The number of aryl methyl sites for hydroxylation is 1. The Bertz CT molecular complexity index is 1360. The molecule has 3 aromatic heterocycles. The van der Waals surface area contributed by atoms with Gasteiger partial charge in [-0.25, -0.2) is 4.98 Å². The maximum absolute atomic E-state index is 13.7. The molecule has 0 aliphatic carbocycles. The molecule has 0 atom stereocenters. The molecule has 0 radical (unpaired) electrons. The minimum atomic E-state index is -0.248. The quantitative estimate of drug-likeness (QED) is 0.358. The van der Waals surface area contributed by atoms with Crippen molar-refractivity contribution in [1.82, 2.24) is 24.8 Å². The van der Waals surface area contributed by atoms with Gasteiger partial charge in [-0.05, 0) is 38.0 Å². The fourth-order valence-electron chi connectivity index (χ4n) is 4.83. The zero-order valence-corrected chi connectivity index (χ0v) is 21.9.